The Balaban J connectivity index is 1.50. The predicted molar refractivity (Wildman–Crippen MR) is 135 cm³/mol. The molecule has 184 valence electrons. The lowest BCUT2D eigenvalue weighted by molar-refractivity contribution is -0.246. The third kappa shape index (κ3) is 2.73. The van der Waals surface area contributed by atoms with Gasteiger partial charge in [0.05, 0.1) is 0 Å². The SMILES string of the molecule is CC(CO)C1CC[C@@]2(C)C1CC[C@]1(C)[C@@H]2CC[C@@H]2[C@@]3(C)CCC(C)C(C)(C)[C@@H]3CC[C@]21C. The van der Waals surface area contributed by atoms with Crippen molar-refractivity contribution in [3.63, 3.8) is 0 Å². The van der Waals surface area contributed by atoms with Gasteiger partial charge in [0.15, 0.2) is 0 Å². The average molecular weight is 443 g/mol. The van der Waals surface area contributed by atoms with E-state index in [2.05, 4.69) is 55.4 Å². The molecule has 0 saturated heterocycles. The van der Waals surface area contributed by atoms with Crippen LogP contribution in [0.5, 0.6) is 0 Å². The molecule has 0 bridgehead atoms. The van der Waals surface area contributed by atoms with Gasteiger partial charge >= 0.3 is 0 Å². The third-order valence-electron chi connectivity index (χ3n) is 14.6. The van der Waals surface area contributed by atoms with Gasteiger partial charge in [0.2, 0.25) is 0 Å². The largest absolute Gasteiger partial charge is 0.396 e. The van der Waals surface area contributed by atoms with Crippen molar-refractivity contribution >= 4 is 0 Å². The fourth-order valence-corrected chi connectivity index (χ4v) is 12.2. The maximum Gasteiger partial charge on any atom is 0.0459 e. The summed E-state index contributed by atoms with van der Waals surface area (Å²) in [5, 5.41) is 9.95. The first-order valence-electron chi connectivity index (χ1n) is 14.5. The van der Waals surface area contributed by atoms with Crippen molar-refractivity contribution in [1.29, 1.82) is 0 Å². The van der Waals surface area contributed by atoms with Crippen LogP contribution in [0.1, 0.15) is 120 Å². The molecule has 5 rings (SSSR count). The van der Waals surface area contributed by atoms with Gasteiger partial charge < -0.3 is 5.11 Å². The standard InChI is InChI=1S/C31H54O/c1-20(19-32)22-12-16-28(5)23(22)13-17-30(7)25(28)9-10-26-29(6)15-11-21(2)27(3,4)24(29)14-18-31(26,30)8/h20-26,32H,9-19H2,1-8H3/t20?,21?,22?,23?,24-,25+,26+,28-,29-,30+,31+/m0/s1. The quantitative estimate of drug-likeness (QED) is 0.455. The van der Waals surface area contributed by atoms with E-state index >= 15 is 0 Å². The fraction of sp³-hybridized carbons (Fsp3) is 1.00. The Kier molecular flexibility index (Phi) is 5.36. The number of aliphatic hydroxyl groups is 1. The van der Waals surface area contributed by atoms with Crippen LogP contribution in [0, 0.1) is 68.5 Å². The van der Waals surface area contributed by atoms with Crippen LogP contribution < -0.4 is 0 Å². The van der Waals surface area contributed by atoms with Gasteiger partial charge in [-0.3, -0.25) is 0 Å². The van der Waals surface area contributed by atoms with Crippen LogP contribution in [0.15, 0.2) is 0 Å². The van der Waals surface area contributed by atoms with E-state index in [0.29, 0.717) is 39.6 Å². The molecule has 4 unspecified atom stereocenters. The molecule has 1 nitrogen and oxygen atoms in total. The Bertz CT molecular complexity index is 741. The summed E-state index contributed by atoms with van der Waals surface area (Å²) in [5.41, 5.74) is 2.55. The molecule has 5 saturated carbocycles. The fourth-order valence-electron chi connectivity index (χ4n) is 12.2. The minimum Gasteiger partial charge on any atom is -0.396 e. The smallest absolute Gasteiger partial charge is 0.0459 e. The maximum absolute atomic E-state index is 9.95. The number of fused-ring (bicyclic) bond motifs is 7. The molecule has 11 atom stereocenters. The summed E-state index contributed by atoms with van der Waals surface area (Å²) in [6.45, 7) is 21.5. The Morgan fingerprint density at radius 1 is 0.688 bits per heavy atom. The molecule has 5 fully saturated rings. The molecule has 0 heterocycles. The Hall–Kier alpha value is -0.0400. The molecule has 5 aliphatic carbocycles. The van der Waals surface area contributed by atoms with E-state index in [1.807, 2.05) is 0 Å². The van der Waals surface area contributed by atoms with Crippen molar-refractivity contribution < 1.29 is 5.11 Å². The normalized spacial score (nSPS) is 57.7. The Morgan fingerprint density at radius 3 is 1.88 bits per heavy atom. The first kappa shape index (κ1) is 23.7. The lowest BCUT2D eigenvalue weighted by atomic mass is 9.31. The van der Waals surface area contributed by atoms with Gasteiger partial charge in [0.25, 0.3) is 0 Å². The summed E-state index contributed by atoms with van der Waals surface area (Å²) in [6, 6.07) is 0. The Labute approximate surface area is 199 Å². The number of aliphatic hydroxyl groups excluding tert-OH is 1. The summed E-state index contributed by atoms with van der Waals surface area (Å²) in [7, 11) is 0. The zero-order chi connectivity index (χ0) is 23.3. The van der Waals surface area contributed by atoms with Crippen molar-refractivity contribution in [1.82, 2.24) is 0 Å². The molecule has 0 spiro atoms. The molecular weight excluding hydrogens is 388 g/mol. The minimum absolute atomic E-state index is 0.382. The molecule has 1 heteroatoms. The molecule has 0 radical (unpaired) electrons. The summed E-state index contributed by atoms with van der Waals surface area (Å²) in [4.78, 5) is 0. The lowest BCUT2D eigenvalue weighted by Gasteiger charge is -2.73. The van der Waals surface area contributed by atoms with E-state index < -0.39 is 0 Å². The van der Waals surface area contributed by atoms with Gasteiger partial charge in [0, 0.05) is 6.61 Å². The van der Waals surface area contributed by atoms with Crippen molar-refractivity contribution in [3.8, 4) is 0 Å². The minimum atomic E-state index is 0.382. The van der Waals surface area contributed by atoms with Crippen molar-refractivity contribution in [2.75, 3.05) is 6.61 Å². The molecule has 32 heavy (non-hydrogen) atoms. The second kappa shape index (κ2) is 7.24. The number of rotatable bonds is 2. The van der Waals surface area contributed by atoms with E-state index in [4.69, 9.17) is 0 Å². The molecule has 0 aromatic heterocycles. The van der Waals surface area contributed by atoms with E-state index in [1.165, 1.54) is 64.2 Å². The van der Waals surface area contributed by atoms with Crippen LogP contribution in [0.25, 0.3) is 0 Å². The van der Waals surface area contributed by atoms with E-state index in [-0.39, 0.29) is 0 Å². The van der Waals surface area contributed by atoms with Crippen LogP contribution in [0.4, 0.5) is 0 Å². The number of hydrogen-bond donors (Lipinski definition) is 1. The van der Waals surface area contributed by atoms with Gasteiger partial charge in [-0.05, 0) is 133 Å². The molecule has 0 aromatic carbocycles. The van der Waals surface area contributed by atoms with Gasteiger partial charge in [-0.15, -0.1) is 0 Å². The molecule has 0 aliphatic heterocycles. The second-order valence-electron chi connectivity index (χ2n) is 15.4. The monoisotopic (exact) mass is 442 g/mol. The zero-order valence-electron chi connectivity index (χ0n) is 22.8. The highest BCUT2D eigenvalue weighted by Crippen LogP contribution is 2.78. The van der Waals surface area contributed by atoms with Crippen LogP contribution in [-0.4, -0.2) is 11.7 Å². The van der Waals surface area contributed by atoms with Gasteiger partial charge in [-0.25, -0.2) is 0 Å². The highest BCUT2D eigenvalue weighted by Gasteiger charge is 2.70. The zero-order valence-corrected chi connectivity index (χ0v) is 22.8. The first-order chi connectivity index (χ1) is 14.9. The summed E-state index contributed by atoms with van der Waals surface area (Å²) in [6.07, 6.45) is 14.4. The van der Waals surface area contributed by atoms with Crippen LogP contribution in [0.3, 0.4) is 0 Å². The predicted octanol–water partition coefficient (Wildman–Crippen LogP) is 8.35. The molecule has 5 aliphatic rings. The van der Waals surface area contributed by atoms with Gasteiger partial charge in [-0.2, -0.15) is 0 Å². The van der Waals surface area contributed by atoms with Crippen LogP contribution in [0.2, 0.25) is 0 Å². The number of hydrogen-bond acceptors (Lipinski definition) is 1. The van der Waals surface area contributed by atoms with Crippen molar-refractivity contribution in [3.05, 3.63) is 0 Å². The summed E-state index contributed by atoms with van der Waals surface area (Å²) in [5.74, 6) is 5.68. The van der Waals surface area contributed by atoms with Crippen molar-refractivity contribution in [2.45, 2.75) is 120 Å². The van der Waals surface area contributed by atoms with Crippen molar-refractivity contribution in [2.24, 2.45) is 68.5 Å². The van der Waals surface area contributed by atoms with E-state index in [0.717, 1.165) is 35.5 Å². The summed E-state index contributed by atoms with van der Waals surface area (Å²) < 4.78 is 0. The topological polar surface area (TPSA) is 20.2 Å². The second-order valence-corrected chi connectivity index (χ2v) is 15.4. The van der Waals surface area contributed by atoms with E-state index in [1.54, 1.807) is 0 Å². The molecular formula is C31H54O. The van der Waals surface area contributed by atoms with Crippen LogP contribution in [-0.2, 0) is 0 Å². The maximum atomic E-state index is 9.95. The average Bonchev–Trinajstić information content (AvgIpc) is 3.08. The third-order valence-corrected chi connectivity index (χ3v) is 14.6. The van der Waals surface area contributed by atoms with Gasteiger partial charge in [-0.1, -0.05) is 55.4 Å². The van der Waals surface area contributed by atoms with E-state index in [9.17, 15) is 5.11 Å². The van der Waals surface area contributed by atoms with Crippen LogP contribution >= 0.6 is 0 Å². The highest BCUT2D eigenvalue weighted by molar-refractivity contribution is 5.19. The summed E-state index contributed by atoms with van der Waals surface area (Å²) >= 11 is 0. The van der Waals surface area contributed by atoms with Gasteiger partial charge in [0.1, 0.15) is 0 Å². The first-order valence-corrected chi connectivity index (χ1v) is 14.5. The highest BCUT2D eigenvalue weighted by atomic mass is 16.3. The molecule has 0 aromatic rings. The molecule has 1 N–H and O–H groups in total. The Morgan fingerprint density at radius 2 is 1.25 bits per heavy atom. The lowest BCUT2D eigenvalue weighted by Crippen LogP contribution is -2.66. The molecule has 0 amide bonds.